The molecule has 7 heteroatoms. The lowest BCUT2D eigenvalue weighted by Gasteiger charge is -2.24. The lowest BCUT2D eigenvalue weighted by Crippen LogP contribution is -2.45. The summed E-state index contributed by atoms with van der Waals surface area (Å²) in [6.45, 7) is 5.39. The molecular weight excluding hydrogens is 352 g/mol. The normalized spacial score (nSPS) is 17.0. The van der Waals surface area contributed by atoms with E-state index in [9.17, 15) is 4.79 Å². The van der Waals surface area contributed by atoms with E-state index in [4.69, 9.17) is 0 Å². The zero-order valence-electron chi connectivity index (χ0n) is 17.0. The van der Waals surface area contributed by atoms with Gasteiger partial charge in [-0.1, -0.05) is 30.3 Å². The smallest absolute Gasteiger partial charge is 0.242 e. The summed E-state index contributed by atoms with van der Waals surface area (Å²) in [4.78, 5) is 21.1. The minimum Gasteiger partial charge on any atom is -0.347 e. The fourth-order valence-electron chi connectivity index (χ4n) is 3.65. The Hall–Kier alpha value is -2.83. The molecular formula is C21H30N6O. The van der Waals surface area contributed by atoms with Crippen LogP contribution >= 0.6 is 0 Å². The maximum Gasteiger partial charge on any atom is 0.242 e. The first-order chi connectivity index (χ1) is 13.6. The summed E-state index contributed by atoms with van der Waals surface area (Å²) in [7, 11) is 3.71. The second-order valence-corrected chi connectivity index (χ2v) is 7.17. The number of guanidine groups is 1. The Kier molecular flexibility index (Phi) is 6.68. The predicted molar refractivity (Wildman–Crippen MR) is 111 cm³/mol. The van der Waals surface area contributed by atoms with Gasteiger partial charge in [0.05, 0.1) is 12.7 Å². The van der Waals surface area contributed by atoms with Crippen molar-refractivity contribution in [1.82, 2.24) is 24.9 Å². The number of likely N-dealkylation sites (N-methyl/N-ethyl adjacent to an activating group) is 1. The lowest BCUT2D eigenvalue weighted by molar-refractivity contribution is -0.130. The van der Waals surface area contributed by atoms with Crippen molar-refractivity contribution in [2.45, 2.75) is 25.8 Å². The highest BCUT2D eigenvalue weighted by molar-refractivity contribution is 5.86. The van der Waals surface area contributed by atoms with E-state index < -0.39 is 0 Å². The van der Waals surface area contributed by atoms with E-state index in [1.165, 1.54) is 5.56 Å². The van der Waals surface area contributed by atoms with Crippen molar-refractivity contribution < 1.29 is 4.79 Å². The summed E-state index contributed by atoms with van der Waals surface area (Å²) < 4.78 is 1.84. The molecule has 1 aliphatic rings. The van der Waals surface area contributed by atoms with Gasteiger partial charge in [-0.05, 0) is 24.5 Å². The zero-order valence-corrected chi connectivity index (χ0v) is 17.0. The molecule has 150 valence electrons. The molecule has 1 atom stereocenters. The third kappa shape index (κ3) is 4.91. The van der Waals surface area contributed by atoms with E-state index in [1.54, 1.807) is 7.05 Å². The summed E-state index contributed by atoms with van der Waals surface area (Å²) in [6.07, 6.45) is 5.09. The first-order valence-electron chi connectivity index (χ1n) is 9.86. The number of hydrogen-bond donors (Lipinski definition) is 1. The molecule has 1 aromatic heterocycles. The van der Waals surface area contributed by atoms with Crippen LogP contribution in [0, 0.1) is 0 Å². The van der Waals surface area contributed by atoms with Gasteiger partial charge in [0, 0.05) is 52.4 Å². The Bertz CT molecular complexity index is 800. The second-order valence-electron chi connectivity index (χ2n) is 7.17. The van der Waals surface area contributed by atoms with Crippen LogP contribution in [0.25, 0.3) is 0 Å². The van der Waals surface area contributed by atoms with Crippen LogP contribution in [0.1, 0.15) is 30.4 Å². The highest BCUT2D eigenvalue weighted by atomic mass is 16.2. The third-order valence-corrected chi connectivity index (χ3v) is 5.24. The van der Waals surface area contributed by atoms with E-state index in [0.29, 0.717) is 19.0 Å². The van der Waals surface area contributed by atoms with Gasteiger partial charge in [0.25, 0.3) is 0 Å². The summed E-state index contributed by atoms with van der Waals surface area (Å²) in [5.74, 6) is 1.32. The molecule has 7 nitrogen and oxygen atoms in total. The average molecular weight is 383 g/mol. The van der Waals surface area contributed by atoms with E-state index in [2.05, 4.69) is 26.5 Å². The number of aryl methyl sites for hydroxylation is 1. The van der Waals surface area contributed by atoms with Crippen LogP contribution in [-0.2, 0) is 18.4 Å². The van der Waals surface area contributed by atoms with Crippen molar-refractivity contribution in [3.8, 4) is 0 Å². The van der Waals surface area contributed by atoms with Crippen molar-refractivity contribution >= 4 is 11.9 Å². The third-order valence-electron chi connectivity index (χ3n) is 5.24. The van der Waals surface area contributed by atoms with Gasteiger partial charge in [-0.15, -0.1) is 0 Å². The van der Waals surface area contributed by atoms with Gasteiger partial charge in [0.1, 0.15) is 0 Å². The molecule has 2 aromatic rings. The van der Waals surface area contributed by atoms with Crippen molar-refractivity contribution in [1.29, 1.82) is 0 Å². The molecule has 1 amide bonds. The number of aromatic nitrogens is 2. The molecule has 0 bridgehead atoms. The number of carbonyl (C=O) groups is 1. The maximum atomic E-state index is 12.7. The highest BCUT2D eigenvalue weighted by Gasteiger charge is 2.27. The van der Waals surface area contributed by atoms with Gasteiger partial charge in [-0.2, -0.15) is 5.10 Å². The molecule has 1 unspecified atom stereocenters. The zero-order chi connectivity index (χ0) is 19.9. The maximum absolute atomic E-state index is 12.7. The average Bonchev–Trinajstić information content (AvgIpc) is 3.36. The lowest BCUT2D eigenvalue weighted by atomic mass is 10.0. The Morgan fingerprint density at radius 2 is 2.14 bits per heavy atom. The predicted octanol–water partition coefficient (Wildman–Crippen LogP) is 1.83. The molecule has 1 aromatic carbocycles. The summed E-state index contributed by atoms with van der Waals surface area (Å²) in [6, 6.07) is 10.1. The molecule has 0 aliphatic carbocycles. The fraction of sp³-hybridized carbons (Fsp3) is 0.476. The summed E-state index contributed by atoms with van der Waals surface area (Å²) in [5.41, 5.74) is 2.40. The van der Waals surface area contributed by atoms with Crippen molar-refractivity contribution in [3.63, 3.8) is 0 Å². The quantitative estimate of drug-likeness (QED) is 0.612. The van der Waals surface area contributed by atoms with E-state index in [0.717, 1.165) is 31.0 Å². The van der Waals surface area contributed by atoms with Gasteiger partial charge in [-0.25, -0.2) is 0 Å². The molecule has 0 spiro atoms. The molecule has 1 aliphatic heterocycles. The van der Waals surface area contributed by atoms with Crippen LogP contribution in [0.4, 0.5) is 0 Å². The molecule has 1 N–H and O–H groups in total. The van der Waals surface area contributed by atoms with Gasteiger partial charge in [0.15, 0.2) is 5.96 Å². The molecule has 0 radical (unpaired) electrons. The number of benzene rings is 1. The number of rotatable bonds is 6. The van der Waals surface area contributed by atoms with Crippen LogP contribution in [0.15, 0.2) is 47.7 Å². The number of aliphatic imine (C=N–C) groups is 1. The summed E-state index contributed by atoms with van der Waals surface area (Å²) >= 11 is 0. The van der Waals surface area contributed by atoms with Crippen LogP contribution in [-0.4, -0.2) is 64.7 Å². The Labute approximate surface area is 167 Å². The molecule has 1 fully saturated rings. The first-order valence-corrected chi connectivity index (χ1v) is 9.86. The van der Waals surface area contributed by atoms with Crippen LogP contribution in [0.5, 0.6) is 0 Å². The standard InChI is InChI=1S/C21H30N6O/c1-4-26(14-17-8-6-5-7-9-17)20(28)13-23-21(22-2)27-11-10-18(16-27)19-12-24-25(3)15-19/h5-9,12,15,18H,4,10-11,13-14,16H2,1-3H3,(H,22,23). The first kappa shape index (κ1) is 19.9. The van der Waals surface area contributed by atoms with E-state index in [1.807, 2.05) is 60.1 Å². The van der Waals surface area contributed by atoms with Gasteiger partial charge in [0.2, 0.25) is 5.91 Å². The summed E-state index contributed by atoms with van der Waals surface area (Å²) in [5, 5.41) is 7.53. The molecule has 28 heavy (non-hydrogen) atoms. The fourth-order valence-corrected chi connectivity index (χ4v) is 3.65. The van der Waals surface area contributed by atoms with Gasteiger partial charge >= 0.3 is 0 Å². The minimum absolute atomic E-state index is 0.0792. The number of hydrogen-bond acceptors (Lipinski definition) is 3. The van der Waals surface area contributed by atoms with Crippen LogP contribution in [0.2, 0.25) is 0 Å². The van der Waals surface area contributed by atoms with E-state index >= 15 is 0 Å². The molecule has 0 saturated carbocycles. The topological polar surface area (TPSA) is 65.8 Å². The number of nitrogens with one attached hydrogen (secondary N) is 1. The van der Waals surface area contributed by atoms with Crippen molar-refractivity contribution in [3.05, 3.63) is 53.9 Å². The highest BCUT2D eigenvalue weighted by Crippen LogP contribution is 2.26. The van der Waals surface area contributed by atoms with Gasteiger partial charge in [-0.3, -0.25) is 14.5 Å². The van der Waals surface area contributed by atoms with Crippen LogP contribution in [0.3, 0.4) is 0 Å². The molecule has 1 saturated heterocycles. The largest absolute Gasteiger partial charge is 0.347 e. The number of amides is 1. The van der Waals surface area contributed by atoms with Crippen molar-refractivity contribution in [2.75, 3.05) is 33.2 Å². The Balaban J connectivity index is 1.52. The molecule has 2 heterocycles. The van der Waals surface area contributed by atoms with Crippen molar-refractivity contribution in [2.24, 2.45) is 12.0 Å². The number of likely N-dealkylation sites (tertiary alicyclic amines) is 1. The SMILES string of the molecule is CCN(Cc1ccccc1)C(=O)CNC(=NC)N1CCC(c2cnn(C)c2)C1. The molecule has 3 rings (SSSR count). The Morgan fingerprint density at radius 1 is 1.36 bits per heavy atom. The number of carbonyl (C=O) groups excluding carboxylic acids is 1. The number of nitrogens with zero attached hydrogens (tertiary/aromatic N) is 5. The van der Waals surface area contributed by atoms with E-state index in [-0.39, 0.29) is 12.5 Å². The monoisotopic (exact) mass is 382 g/mol. The Morgan fingerprint density at radius 3 is 2.79 bits per heavy atom. The second kappa shape index (κ2) is 9.39. The van der Waals surface area contributed by atoms with Gasteiger partial charge < -0.3 is 15.1 Å². The van der Waals surface area contributed by atoms with Crippen LogP contribution < -0.4 is 5.32 Å². The minimum atomic E-state index is 0.0792.